The SMILES string of the molecule is Nc1cc(-c2cc(F)ccc2F)no1. The van der Waals surface area contributed by atoms with Gasteiger partial charge in [-0.1, -0.05) is 5.16 Å². The smallest absolute Gasteiger partial charge is 0.222 e. The van der Waals surface area contributed by atoms with E-state index in [9.17, 15) is 8.78 Å². The van der Waals surface area contributed by atoms with E-state index >= 15 is 0 Å². The lowest BCUT2D eigenvalue weighted by molar-refractivity contribution is 0.438. The summed E-state index contributed by atoms with van der Waals surface area (Å²) in [5.41, 5.74) is 5.47. The van der Waals surface area contributed by atoms with Gasteiger partial charge in [0.25, 0.3) is 0 Å². The van der Waals surface area contributed by atoms with Crippen molar-refractivity contribution in [3.05, 3.63) is 35.9 Å². The van der Waals surface area contributed by atoms with Gasteiger partial charge in [-0.2, -0.15) is 0 Å². The summed E-state index contributed by atoms with van der Waals surface area (Å²) >= 11 is 0. The van der Waals surface area contributed by atoms with Crippen LogP contribution in [0.3, 0.4) is 0 Å². The topological polar surface area (TPSA) is 52.0 Å². The third kappa shape index (κ3) is 1.44. The zero-order valence-corrected chi connectivity index (χ0v) is 7.00. The first-order chi connectivity index (χ1) is 6.66. The Morgan fingerprint density at radius 3 is 2.64 bits per heavy atom. The minimum absolute atomic E-state index is 0.0328. The molecule has 0 bridgehead atoms. The lowest BCUT2D eigenvalue weighted by atomic mass is 10.1. The second-order valence-corrected chi connectivity index (χ2v) is 2.74. The molecule has 0 aliphatic heterocycles. The van der Waals surface area contributed by atoms with Gasteiger partial charge in [-0.15, -0.1) is 0 Å². The largest absolute Gasteiger partial charge is 0.368 e. The Bertz CT molecular complexity index is 468. The summed E-state index contributed by atoms with van der Waals surface area (Å²) in [6.45, 7) is 0. The third-order valence-electron chi connectivity index (χ3n) is 1.73. The Kier molecular flexibility index (Phi) is 1.92. The van der Waals surface area contributed by atoms with Gasteiger partial charge in [-0.25, -0.2) is 8.78 Å². The predicted octanol–water partition coefficient (Wildman–Crippen LogP) is 2.20. The maximum Gasteiger partial charge on any atom is 0.222 e. The van der Waals surface area contributed by atoms with E-state index in [1.54, 1.807) is 0 Å². The number of hydrogen-bond donors (Lipinski definition) is 1. The molecule has 1 heterocycles. The van der Waals surface area contributed by atoms with Crippen LogP contribution in [0.15, 0.2) is 28.8 Å². The summed E-state index contributed by atoms with van der Waals surface area (Å²) in [6.07, 6.45) is 0. The van der Waals surface area contributed by atoms with E-state index in [-0.39, 0.29) is 17.1 Å². The van der Waals surface area contributed by atoms with E-state index in [1.165, 1.54) is 6.07 Å². The van der Waals surface area contributed by atoms with Crippen LogP contribution in [0.25, 0.3) is 11.3 Å². The average molecular weight is 196 g/mol. The van der Waals surface area contributed by atoms with Crippen LogP contribution >= 0.6 is 0 Å². The van der Waals surface area contributed by atoms with Gasteiger partial charge in [-0.3, -0.25) is 0 Å². The summed E-state index contributed by atoms with van der Waals surface area (Å²) in [4.78, 5) is 0. The van der Waals surface area contributed by atoms with Crippen LogP contribution in [0.1, 0.15) is 0 Å². The Labute approximate surface area is 78.1 Å². The van der Waals surface area contributed by atoms with Crippen LogP contribution in [0.4, 0.5) is 14.7 Å². The number of nitrogen functional groups attached to an aromatic ring is 1. The molecule has 2 aromatic rings. The van der Waals surface area contributed by atoms with Crippen molar-refractivity contribution in [1.29, 1.82) is 0 Å². The van der Waals surface area contributed by atoms with Crippen molar-refractivity contribution in [1.82, 2.24) is 5.16 Å². The fourth-order valence-corrected chi connectivity index (χ4v) is 1.11. The van der Waals surface area contributed by atoms with Crippen LogP contribution in [0.2, 0.25) is 0 Å². The molecule has 0 saturated heterocycles. The van der Waals surface area contributed by atoms with Crippen molar-refractivity contribution in [3.63, 3.8) is 0 Å². The molecule has 0 fully saturated rings. The number of hydrogen-bond acceptors (Lipinski definition) is 3. The Balaban J connectivity index is 2.55. The fourth-order valence-electron chi connectivity index (χ4n) is 1.11. The van der Waals surface area contributed by atoms with Crippen LogP contribution in [-0.2, 0) is 0 Å². The lowest BCUT2D eigenvalue weighted by Crippen LogP contribution is -1.85. The number of anilines is 1. The van der Waals surface area contributed by atoms with Crippen molar-refractivity contribution in [2.24, 2.45) is 0 Å². The monoisotopic (exact) mass is 196 g/mol. The fraction of sp³-hybridized carbons (Fsp3) is 0. The van der Waals surface area contributed by atoms with Crippen LogP contribution in [-0.4, -0.2) is 5.16 Å². The van der Waals surface area contributed by atoms with Gasteiger partial charge in [0.1, 0.15) is 17.3 Å². The molecule has 0 aliphatic rings. The van der Waals surface area contributed by atoms with Gasteiger partial charge in [0.15, 0.2) is 0 Å². The maximum absolute atomic E-state index is 13.2. The molecule has 14 heavy (non-hydrogen) atoms. The molecule has 1 aromatic carbocycles. The molecule has 2 N–H and O–H groups in total. The number of aromatic nitrogens is 1. The normalized spacial score (nSPS) is 10.4. The molecular weight excluding hydrogens is 190 g/mol. The third-order valence-corrected chi connectivity index (χ3v) is 1.73. The van der Waals surface area contributed by atoms with Crippen molar-refractivity contribution in [2.45, 2.75) is 0 Å². The lowest BCUT2D eigenvalue weighted by Gasteiger charge is -1.97. The zero-order chi connectivity index (χ0) is 10.1. The highest BCUT2D eigenvalue weighted by Gasteiger charge is 2.10. The Morgan fingerprint density at radius 2 is 2.00 bits per heavy atom. The summed E-state index contributed by atoms with van der Waals surface area (Å²) in [5.74, 6) is -1.05. The van der Waals surface area contributed by atoms with Gasteiger partial charge in [-0.05, 0) is 18.2 Å². The molecule has 0 radical (unpaired) electrons. The minimum atomic E-state index is -0.570. The zero-order valence-electron chi connectivity index (χ0n) is 7.00. The van der Waals surface area contributed by atoms with E-state index in [0.717, 1.165) is 18.2 Å². The van der Waals surface area contributed by atoms with Gasteiger partial charge < -0.3 is 10.3 Å². The van der Waals surface area contributed by atoms with Crippen LogP contribution < -0.4 is 5.73 Å². The molecule has 1 aromatic heterocycles. The average Bonchev–Trinajstić information content (AvgIpc) is 2.56. The molecule has 0 spiro atoms. The Hall–Kier alpha value is -1.91. The number of halogens is 2. The summed E-state index contributed by atoms with van der Waals surface area (Å²) in [6, 6.07) is 4.42. The van der Waals surface area contributed by atoms with Gasteiger partial charge >= 0.3 is 0 Å². The number of nitrogens with zero attached hydrogens (tertiary/aromatic N) is 1. The first-order valence-corrected chi connectivity index (χ1v) is 3.84. The highest BCUT2D eigenvalue weighted by Crippen LogP contribution is 2.23. The first kappa shape index (κ1) is 8.68. The molecule has 3 nitrogen and oxygen atoms in total. The van der Waals surface area contributed by atoms with Crippen LogP contribution in [0, 0.1) is 11.6 Å². The quantitative estimate of drug-likeness (QED) is 0.760. The molecular formula is C9H6F2N2O. The van der Waals surface area contributed by atoms with Gasteiger partial charge in [0.2, 0.25) is 5.88 Å². The highest BCUT2D eigenvalue weighted by molar-refractivity contribution is 5.61. The minimum Gasteiger partial charge on any atom is -0.368 e. The van der Waals surface area contributed by atoms with E-state index in [4.69, 9.17) is 5.73 Å². The number of rotatable bonds is 1. The molecule has 2 rings (SSSR count). The molecule has 5 heteroatoms. The van der Waals surface area contributed by atoms with E-state index < -0.39 is 11.6 Å². The second-order valence-electron chi connectivity index (χ2n) is 2.74. The first-order valence-electron chi connectivity index (χ1n) is 3.84. The summed E-state index contributed by atoms with van der Waals surface area (Å²) < 4.78 is 30.5. The van der Waals surface area contributed by atoms with E-state index in [0.29, 0.717) is 0 Å². The summed E-state index contributed by atoms with van der Waals surface area (Å²) in [5, 5.41) is 3.48. The van der Waals surface area contributed by atoms with E-state index in [2.05, 4.69) is 9.68 Å². The highest BCUT2D eigenvalue weighted by atomic mass is 19.1. The molecule has 0 unspecified atom stereocenters. The predicted molar refractivity (Wildman–Crippen MR) is 46.3 cm³/mol. The van der Waals surface area contributed by atoms with Gasteiger partial charge in [0, 0.05) is 11.6 Å². The number of benzene rings is 1. The van der Waals surface area contributed by atoms with Crippen molar-refractivity contribution in [2.75, 3.05) is 5.73 Å². The van der Waals surface area contributed by atoms with Crippen LogP contribution in [0.5, 0.6) is 0 Å². The standard InChI is InChI=1S/C9H6F2N2O/c10-5-1-2-7(11)6(3-5)8-4-9(12)14-13-8/h1-4H,12H2. The van der Waals surface area contributed by atoms with Crippen molar-refractivity contribution < 1.29 is 13.3 Å². The van der Waals surface area contributed by atoms with Crippen molar-refractivity contribution >= 4 is 5.88 Å². The number of nitrogens with two attached hydrogens (primary N) is 1. The van der Waals surface area contributed by atoms with E-state index in [1.807, 2.05) is 0 Å². The van der Waals surface area contributed by atoms with Gasteiger partial charge in [0.05, 0.1) is 0 Å². The Morgan fingerprint density at radius 1 is 1.21 bits per heavy atom. The molecule has 0 saturated carbocycles. The maximum atomic E-state index is 13.2. The van der Waals surface area contributed by atoms with Crippen molar-refractivity contribution in [3.8, 4) is 11.3 Å². The second kappa shape index (κ2) is 3.10. The molecule has 0 aliphatic carbocycles. The summed E-state index contributed by atoms with van der Waals surface area (Å²) in [7, 11) is 0. The molecule has 72 valence electrons. The molecule has 0 amide bonds. The molecule has 0 atom stereocenters.